The number of anilines is 1. The number of hydrogen-bond donors (Lipinski definition) is 2. The van der Waals surface area contributed by atoms with Gasteiger partial charge in [-0.2, -0.15) is 0 Å². The number of nitrogens with zero attached hydrogens (tertiary/aromatic N) is 2. The van der Waals surface area contributed by atoms with Crippen LogP contribution in [-0.4, -0.2) is 56.0 Å². The molecule has 1 saturated heterocycles. The highest BCUT2D eigenvalue weighted by molar-refractivity contribution is 7.89. The summed E-state index contributed by atoms with van der Waals surface area (Å²) in [5, 5.41) is 3.97. The number of sulfonamides is 1. The van der Waals surface area contributed by atoms with Crippen LogP contribution in [0.15, 0.2) is 59.6 Å². The third-order valence-corrected chi connectivity index (χ3v) is 7.93. The predicted molar refractivity (Wildman–Crippen MR) is 137 cm³/mol. The van der Waals surface area contributed by atoms with Gasteiger partial charge in [0.25, 0.3) is 5.91 Å². The molecule has 2 atom stereocenters. The normalized spacial score (nSPS) is 18.1. The van der Waals surface area contributed by atoms with Crippen molar-refractivity contribution in [3.8, 4) is 0 Å². The summed E-state index contributed by atoms with van der Waals surface area (Å²) in [6.45, 7) is 6.59. The SMILES string of the molecule is CCOC(=O)N1CCC(NS(=O)(=O)c2ccc(NC(=O)c3ncccc3C)c3ccccc23)C(C)C1. The molecule has 1 aromatic heterocycles. The summed E-state index contributed by atoms with van der Waals surface area (Å²) in [6.07, 6.45) is 1.66. The van der Waals surface area contributed by atoms with E-state index in [0.29, 0.717) is 48.3 Å². The fourth-order valence-corrected chi connectivity index (χ4v) is 6.07. The van der Waals surface area contributed by atoms with Crippen molar-refractivity contribution in [2.45, 2.75) is 38.1 Å². The van der Waals surface area contributed by atoms with Crippen LogP contribution < -0.4 is 10.0 Å². The lowest BCUT2D eigenvalue weighted by molar-refractivity contribution is 0.0846. The average Bonchev–Trinajstić information content (AvgIpc) is 2.85. The molecular formula is C26H30N4O5S. The summed E-state index contributed by atoms with van der Waals surface area (Å²) in [5.74, 6) is -0.460. The molecule has 1 fully saturated rings. The van der Waals surface area contributed by atoms with Crippen molar-refractivity contribution in [1.29, 1.82) is 0 Å². The number of likely N-dealkylation sites (tertiary alicyclic amines) is 1. The molecule has 2 aromatic carbocycles. The number of piperidine rings is 1. The number of nitrogens with one attached hydrogen (secondary N) is 2. The maximum atomic E-state index is 13.5. The number of carbonyl (C=O) groups excluding carboxylic acids is 2. The molecule has 3 aromatic rings. The molecule has 1 aliphatic rings. The Kier molecular flexibility index (Phi) is 7.56. The lowest BCUT2D eigenvalue weighted by Crippen LogP contribution is -2.51. The van der Waals surface area contributed by atoms with Crippen molar-refractivity contribution in [2.75, 3.05) is 25.0 Å². The molecule has 4 rings (SSSR count). The zero-order valence-corrected chi connectivity index (χ0v) is 21.3. The number of aryl methyl sites for hydroxylation is 1. The Morgan fingerprint density at radius 1 is 1.11 bits per heavy atom. The highest BCUT2D eigenvalue weighted by atomic mass is 32.2. The van der Waals surface area contributed by atoms with Crippen LogP contribution in [-0.2, 0) is 14.8 Å². The largest absolute Gasteiger partial charge is 0.450 e. The summed E-state index contributed by atoms with van der Waals surface area (Å²) in [6, 6.07) is 13.4. The second-order valence-electron chi connectivity index (χ2n) is 8.92. The fourth-order valence-electron chi connectivity index (χ4n) is 4.48. The van der Waals surface area contributed by atoms with Crippen molar-refractivity contribution in [3.63, 3.8) is 0 Å². The lowest BCUT2D eigenvalue weighted by Gasteiger charge is -2.36. The summed E-state index contributed by atoms with van der Waals surface area (Å²) >= 11 is 0. The Hall–Kier alpha value is -3.50. The van der Waals surface area contributed by atoms with Gasteiger partial charge < -0.3 is 15.0 Å². The maximum Gasteiger partial charge on any atom is 0.409 e. The second kappa shape index (κ2) is 10.6. The van der Waals surface area contributed by atoms with Crippen molar-refractivity contribution < 1.29 is 22.7 Å². The van der Waals surface area contributed by atoms with Gasteiger partial charge in [-0.05, 0) is 49.9 Å². The first-order valence-corrected chi connectivity index (χ1v) is 13.4. The monoisotopic (exact) mass is 510 g/mol. The average molecular weight is 511 g/mol. The predicted octanol–water partition coefficient (Wildman–Crippen LogP) is 3.94. The Balaban J connectivity index is 1.57. The number of hydrogen-bond acceptors (Lipinski definition) is 6. The minimum Gasteiger partial charge on any atom is -0.450 e. The Bertz CT molecular complexity index is 1390. The fraction of sp³-hybridized carbons (Fsp3) is 0.346. The van der Waals surface area contributed by atoms with Crippen LogP contribution in [0, 0.1) is 12.8 Å². The molecule has 190 valence electrons. The zero-order chi connectivity index (χ0) is 25.9. The molecular weight excluding hydrogens is 480 g/mol. The van der Waals surface area contributed by atoms with Crippen LogP contribution in [0.25, 0.3) is 10.8 Å². The molecule has 2 N–H and O–H groups in total. The van der Waals surface area contributed by atoms with E-state index in [2.05, 4.69) is 15.0 Å². The summed E-state index contributed by atoms with van der Waals surface area (Å²) in [7, 11) is -3.88. The van der Waals surface area contributed by atoms with Gasteiger partial charge in [-0.3, -0.25) is 9.78 Å². The number of ether oxygens (including phenoxy) is 1. The van der Waals surface area contributed by atoms with E-state index < -0.39 is 10.0 Å². The maximum absolute atomic E-state index is 13.5. The Labute approximate surface area is 210 Å². The molecule has 0 aliphatic carbocycles. The van der Waals surface area contributed by atoms with E-state index in [0.717, 1.165) is 5.56 Å². The molecule has 0 bridgehead atoms. The summed E-state index contributed by atoms with van der Waals surface area (Å²) in [4.78, 5) is 30.8. The van der Waals surface area contributed by atoms with Gasteiger partial charge in [0.2, 0.25) is 10.0 Å². The quantitative estimate of drug-likeness (QED) is 0.519. The van der Waals surface area contributed by atoms with Gasteiger partial charge in [-0.1, -0.05) is 37.3 Å². The first kappa shape index (κ1) is 25.6. The van der Waals surface area contributed by atoms with Crippen LogP contribution in [0.3, 0.4) is 0 Å². The lowest BCUT2D eigenvalue weighted by atomic mass is 9.95. The van der Waals surface area contributed by atoms with Crippen LogP contribution in [0.4, 0.5) is 10.5 Å². The van der Waals surface area contributed by atoms with Crippen LogP contribution in [0.5, 0.6) is 0 Å². The highest BCUT2D eigenvalue weighted by Gasteiger charge is 2.33. The van der Waals surface area contributed by atoms with Gasteiger partial charge in [0.15, 0.2) is 0 Å². The van der Waals surface area contributed by atoms with E-state index >= 15 is 0 Å². The minimum atomic E-state index is -3.88. The van der Waals surface area contributed by atoms with E-state index in [4.69, 9.17) is 4.74 Å². The van der Waals surface area contributed by atoms with E-state index in [1.807, 2.05) is 6.92 Å². The van der Waals surface area contributed by atoms with Crippen LogP contribution >= 0.6 is 0 Å². The molecule has 2 heterocycles. The van der Waals surface area contributed by atoms with Crippen molar-refractivity contribution in [3.05, 3.63) is 66.0 Å². The molecule has 2 amide bonds. The smallest absolute Gasteiger partial charge is 0.409 e. The summed E-state index contributed by atoms with van der Waals surface area (Å²) < 4.78 is 34.8. The first-order valence-electron chi connectivity index (χ1n) is 11.9. The van der Waals surface area contributed by atoms with Gasteiger partial charge >= 0.3 is 6.09 Å². The van der Waals surface area contributed by atoms with E-state index in [1.165, 1.54) is 6.07 Å². The molecule has 36 heavy (non-hydrogen) atoms. The topological polar surface area (TPSA) is 118 Å². The van der Waals surface area contributed by atoms with Gasteiger partial charge in [0.1, 0.15) is 5.69 Å². The molecule has 9 nitrogen and oxygen atoms in total. The van der Waals surface area contributed by atoms with Crippen LogP contribution in [0.2, 0.25) is 0 Å². The first-order chi connectivity index (χ1) is 17.2. The molecule has 10 heteroatoms. The van der Waals surface area contributed by atoms with E-state index in [1.54, 1.807) is 67.4 Å². The van der Waals surface area contributed by atoms with Crippen molar-refractivity contribution in [2.24, 2.45) is 5.92 Å². The molecule has 2 unspecified atom stereocenters. The second-order valence-corrected chi connectivity index (χ2v) is 10.6. The van der Waals surface area contributed by atoms with Gasteiger partial charge in [-0.15, -0.1) is 0 Å². The molecule has 1 aliphatic heterocycles. The van der Waals surface area contributed by atoms with E-state index in [-0.39, 0.29) is 28.9 Å². The number of carbonyl (C=O) groups is 2. The standard InChI is InChI=1S/C26H30N4O5S/c1-4-35-26(32)30-15-13-21(18(3)16-30)29-36(33,34)23-12-11-22(19-9-5-6-10-20(19)23)28-25(31)24-17(2)8-7-14-27-24/h5-12,14,18,21,29H,4,13,15-16H2,1-3H3,(H,28,31). The van der Waals surface area contributed by atoms with Gasteiger partial charge in [0, 0.05) is 41.8 Å². The number of amides is 2. The summed E-state index contributed by atoms with van der Waals surface area (Å²) in [5.41, 5.74) is 1.55. The van der Waals surface area contributed by atoms with Crippen molar-refractivity contribution in [1.82, 2.24) is 14.6 Å². The van der Waals surface area contributed by atoms with Crippen molar-refractivity contribution >= 4 is 38.5 Å². The number of rotatable bonds is 6. The number of pyridine rings is 1. The number of fused-ring (bicyclic) bond motifs is 1. The third-order valence-electron chi connectivity index (χ3n) is 6.38. The molecule has 0 radical (unpaired) electrons. The van der Waals surface area contributed by atoms with E-state index in [9.17, 15) is 18.0 Å². The number of aromatic nitrogens is 1. The Morgan fingerprint density at radius 3 is 2.56 bits per heavy atom. The van der Waals surface area contributed by atoms with Gasteiger partial charge in [0.05, 0.1) is 11.5 Å². The van der Waals surface area contributed by atoms with Gasteiger partial charge in [-0.25, -0.2) is 17.9 Å². The Morgan fingerprint density at radius 2 is 1.86 bits per heavy atom. The zero-order valence-electron chi connectivity index (χ0n) is 20.5. The minimum absolute atomic E-state index is 0.0932. The molecule has 0 saturated carbocycles. The highest BCUT2D eigenvalue weighted by Crippen LogP contribution is 2.31. The molecule has 0 spiro atoms. The van der Waals surface area contributed by atoms with Crippen LogP contribution in [0.1, 0.15) is 36.3 Å². The third kappa shape index (κ3) is 5.34. The number of benzene rings is 2.